The number of ether oxygens (including phenoxy) is 1. The van der Waals surface area contributed by atoms with E-state index < -0.39 is 47.2 Å². The summed E-state index contributed by atoms with van der Waals surface area (Å²) in [5.74, 6) is -1.20. The molecular formula is C9H10FN3O7. The second-order valence-electron chi connectivity index (χ2n) is 4.06. The molecule has 0 radical (unpaired) electrons. The molecule has 3 atom stereocenters. The van der Waals surface area contributed by atoms with Gasteiger partial charge in [0.2, 0.25) is 5.82 Å². The molecule has 1 fully saturated rings. The Labute approximate surface area is 109 Å². The fraction of sp³-hybridized carbons (Fsp3) is 0.556. The van der Waals surface area contributed by atoms with Crippen molar-refractivity contribution in [3.8, 4) is 0 Å². The van der Waals surface area contributed by atoms with E-state index in [0.717, 1.165) is 4.57 Å². The summed E-state index contributed by atoms with van der Waals surface area (Å²) < 4.78 is 19.1. The highest BCUT2D eigenvalue weighted by Crippen LogP contribution is 2.29. The average molecular weight is 291 g/mol. The van der Waals surface area contributed by atoms with Crippen molar-refractivity contribution in [2.75, 3.05) is 6.61 Å². The number of hydrogen-bond acceptors (Lipinski definition) is 7. The highest BCUT2D eigenvalue weighted by atomic mass is 19.1. The maximum absolute atomic E-state index is 13.2. The van der Waals surface area contributed by atoms with Crippen molar-refractivity contribution in [2.24, 2.45) is 0 Å². The summed E-state index contributed by atoms with van der Waals surface area (Å²) in [5.41, 5.74) is -2.11. The number of hydrogen-bond donors (Lipinski definition) is 2. The SMILES string of the molecule is O=c1[nH]c(=O)n(C2CC(O[N+](=O)[O-])C(CO)O2)cc1F. The van der Waals surface area contributed by atoms with Crippen molar-refractivity contribution in [3.05, 3.63) is 43.0 Å². The first kappa shape index (κ1) is 14.1. The normalized spacial score (nSPS) is 25.6. The zero-order valence-corrected chi connectivity index (χ0v) is 9.89. The lowest BCUT2D eigenvalue weighted by Crippen LogP contribution is -2.34. The maximum Gasteiger partial charge on any atom is 0.330 e. The molecule has 2 rings (SSSR count). The smallest absolute Gasteiger partial charge is 0.330 e. The van der Waals surface area contributed by atoms with Crippen LogP contribution in [0.2, 0.25) is 0 Å². The molecule has 1 aliphatic rings. The van der Waals surface area contributed by atoms with Crippen molar-refractivity contribution in [1.29, 1.82) is 0 Å². The lowest BCUT2D eigenvalue weighted by Gasteiger charge is -2.14. The molecule has 0 aromatic carbocycles. The van der Waals surface area contributed by atoms with Crippen molar-refractivity contribution < 1.29 is 24.2 Å². The number of halogens is 1. The number of aromatic amines is 1. The minimum atomic E-state index is -1.20. The van der Waals surface area contributed by atoms with Crippen LogP contribution in [0.4, 0.5) is 4.39 Å². The molecule has 11 heteroatoms. The third kappa shape index (κ3) is 2.67. The molecule has 0 saturated carbocycles. The summed E-state index contributed by atoms with van der Waals surface area (Å²) in [6, 6.07) is 0. The summed E-state index contributed by atoms with van der Waals surface area (Å²) in [6.45, 7) is -0.574. The quantitative estimate of drug-likeness (QED) is 0.510. The number of nitrogens with zero attached hydrogens (tertiary/aromatic N) is 2. The number of aliphatic hydroxyl groups excluding tert-OH is 1. The summed E-state index contributed by atoms with van der Waals surface area (Å²) >= 11 is 0. The Kier molecular flexibility index (Phi) is 3.81. The van der Waals surface area contributed by atoms with Crippen molar-refractivity contribution in [1.82, 2.24) is 9.55 Å². The van der Waals surface area contributed by atoms with Crippen LogP contribution in [0.25, 0.3) is 0 Å². The molecule has 3 unspecified atom stereocenters. The Balaban J connectivity index is 2.27. The van der Waals surface area contributed by atoms with Crippen molar-refractivity contribution in [2.45, 2.75) is 24.9 Å². The van der Waals surface area contributed by atoms with Gasteiger partial charge in [0.1, 0.15) is 18.4 Å². The Morgan fingerprint density at radius 3 is 2.95 bits per heavy atom. The van der Waals surface area contributed by atoms with Crippen LogP contribution < -0.4 is 11.2 Å². The lowest BCUT2D eigenvalue weighted by molar-refractivity contribution is -0.769. The van der Waals surface area contributed by atoms with E-state index in [4.69, 9.17) is 9.84 Å². The van der Waals surface area contributed by atoms with Crippen LogP contribution in [0.15, 0.2) is 15.8 Å². The van der Waals surface area contributed by atoms with E-state index in [2.05, 4.69) is 4.84 Å². The van der Waals surface area contributed by atoms with E-state index in [1.807, 2.05) is 0 Å². The molecule has 1 aromatic rings. The van der Waals surface area contributed by atoms with E-state index in [0.29, 0.717) is 6.20 Å². The molecule has 2 N–H and O–H groups in total. The Morgan fingerprint density at radius 2 is 2.35 bits per heavy atom. The predicted octanol–water partition coefficient (Wildman–Crippen LogP) is -1.47. The Bertz CT molecular complexity index is 627. The highest BCUT2D eigenvalue weighted by Gasteiger charge is 2.39. The molecule has 1 aliphatic heterocycles. The highest BCUT2D eigenvalue weighted by molar-refractivity contribution is 4.91. The van der Waals surface area contributed by atoms with Crippen LogP contribution in [-0.4, -0.2) is 38.6 Å². The number of nitrogens with one attached hydrogen (secondary N) is 1. The van der Waals surface area contributed by atoms with Gasteiger partial charge < -0.3 is 14.7 Å². The van der Waals surface area contributed by atoms with Gasteiger partial charge in [0, 0.05) is 6.42 Å². The molecule has 10 nitrogen and oxygen atoms in total. The molecule has 20 heavy (non-hydrogen) atoms. The van der Waals surface area contributed by atoms with Gasteiger partial charge in [0.25, 0.3) is 10.6 Å². The number of aromatic nitrogens is 2. The molecule has 1 aromatic heterocycles. The standard InChI is InChI=1S/C9H10FN3O7/c10-4-2-12(9(16)11-8(4)15)7-1-5(20-13(17)18)6(3-14)19-7/h2,5-7,14H,1,3H2,(H,11,15,16). The van der Waals surface area contributed by atoms with Crippen molar-refractivity contribution in [3.63, 3.8) is 0 Å². The first-order valence-electron chi connectivity index (χ1n) is 5.51. The van der Waals surface area contributed by atoms with Crippen LogP contribution in [0.5, 0.6) is 0 Å². The molecular weight excluding hydrogens is 281 g/mol. The molecule has 0 bridgehead atoms. The van der Waals surface area contributed by atoms with Crippen LogP contribution in [0.3, 0.4) is 0 Å². The van der Waals surface area contributed by atoms with E-state index in [1.54, 1.807) is 4.98 Å². The molecule has 110 valence electrons. The number of aliphatic hydroxyl groups is 1. The van der Waals surface area contributed by atoms with Crippen LogP contribution in [0, 0.1) is 15.9 Å². The van der Waals surface area contributed by atoms with Gasteiger partial charge in [-0.25, -0.2) is 4.79 Å². The maximum atomic E-state index is 13.2. The minimum absolute atomic E-state index is 0.155. The topological polar surface area (TPSA) is 137 Å². The fourth-order valence-corrected chi connectivity index (χ4v) is 1.93. The second-order valence-corrected chi connectivity index (χ2v) is 4.06. The molecule has 1 saturated heterocycles. The zero-order chi connectivity index (χ0) is 14.9. The third-order valence-corrected chi connectivity index (χ3v) is 2.82. The first-order chi connectivity index (χ1) is 9.42. The van der Waals surface area contributed by atoms with Gasteiger partial charge in [-0.2, -0.15) is 4.39 Å². The van der Waals surface area contributed by atoms with Gasteiger partial charge >= 0.3 is 5.69 Å². The van der Waals surface area contributed by atoms with E-state index in [9.17, 15) is 24.1 Å². The fourth-order valence-electron chi connectivity index (χ4n) is 1.93. The number of rotatable bonds is 4. The van der Waals surface area contributed by atoms with Gasteiger partial charge in [-0.3, -0.25) is 14.3 Å². The van der Waals surface area contributed by atoms with Gasteiger partial charge in [0.05, 0.1) is 12.8 Å². The first-order valence-corrected chi connectivity index (χ1v) is 5.51. The van der Waals surface area contributed by atoms with Crippen LogP contribution >= 0.6 is 0 Å². The Hall–Kier alpha value is -2.27. The predicted molar refractivity (Wildman–Crippen MR) is 58.8 cm³/mol. The Morgan fingerprint density at radius 1 is 1.65 bits per heavy atom. The minimum Gasteiger partial charge on any atom is -0.394 e. The van der Waals surface area contributed by atoms with Gasteiger partial charge in [-0.1, -0.05) is 0 Å². The van der Waals surface area contributed by atoms with E-state index in [-0.39, 0.29) is 6.42 Å². The van der Waals surface area contributed by atoms with Crippen molar-refractivity contribution >= 4 is 0 Å². The third-order valence-electron chi connectivity index (χ3n) is 2.82. The van der Waals surface area contributed by atoms with Gasteiger partial charge in [0.15, 0.2) is 0 Å². The van der Waals surface area contributed by atoms with E-state index >= 15 is 0 Å². The van der Waals surface area contributed by atoms with Crippen LogP contribution in [-0.2, 0) is 9.57 Å². The lowest BCUT2D eigenvalue weighted by atomic mass is 10.2. The zero-order valence-electron chi connectivity index (χ0n) is 9.89. The summed E-state index contributed by atoms with van der Waals surface area (Å²) in [4.78, 5) is 38.8. The monoisotopic (exact) mass is 291 g/mol. The summed E-state index contributed by atoms with van der Waals surface area (Å²) in [7, 11) is 0. The van der Waals surface area contributed by atoms with Gasteiger partial charge in [-0.15, -0.1) is 10.1 Å². The largest absolute Gasteiger partial charge is 0.394 e. The summed E-state index contributed by atoms with van der Waals surface area (Å²) in [5, 5.41) is 18.3. The summed E-state index contributed by atoms with van der Waals surface area (Å²) in [6.07, 6.45) is -2.74. The second kappa shape index (κ2) is 5.38. The van der Waals surface area contributed by atoms with Crippen LogP contribution in [0.1, 0.15) is 12.6 Å². The molecule has 0 amide bonds. The average Bonchev–Trinajstić information content (AvgIpc) is 2.75. The molecule has 0 spiro atoms. The van der Waals surface area contributed by atoms with Gasteiger partial charge in [-0.05, 0) is 0 Å². The van der Waals surface area contributed by atoms with E-state index in [1.165, 1.54) is 0 Å². The molecule has 0 aliphatic carbocycles. The number of H-pyrrole nitrogens is 1. The molecule has 2 heterocycles.